The summed E-state index contributed by atoms with van der Waals surface area (Å²) in [7, 11) is 0. The minimum atomic E-state index is -0.947. The topological polar surface area (TPSA) is 127 Å². The Bertz CT molecular complexity index is 669. The Morgan fingerprint density at radius 1 is 1.43 bits per heavy atom. The third-order valence-corrected chi connectivity index (χ3v) is 2.98. The molecule has 0 saturated carbocycles. The van der Waals surface area contributed by atoms with E-state index in [0.29, 0.717) is 11.4 Å². The van der Waals surface area contributed by atoms with Crippen LogP contribution in [0.5, 0.6) is 0 Å². The molecule has 0 spiro atoms. The van der Waals surface area contributed by atoms with E-state index in [1.54, 1.807) is 6.92 Å². The van der Waals surface area contributed by atoms with Crippen LogP contribution in [0.15, 0.2) is 39.5 Å². The van der Waals surface area contributed by atoms with Crippen LogP contribution in [0, 0.1) is 10.1 Å². The highest BCUT2D eigenvalue weighted by molar-refractivity contribution is 7.80. The van der Waals surface area contributed by atoms with Crippen LogP contribution in [-0.2, 0) is 4.79 Å². The number of amides is 1. The summed E-state index contributed by atoms with van der Waals surface area (Å²) in [4.78, 5) is 25.8. The third kappa shape index (κ3) is 3.12. The van der Waals surface area contributed by atoms with E-state index in [0.717, 1.165) is 5.01 Å². The van der Waals surface area contributed by atoms with Gasteiger partial charge in [0.25, 0.3) is 11.6 Å². The zero-order valence-corrected chi connectivity index (χ0v) is 11.6. The van der Waals surface area contributed by atoms with Gasteiger partial charge < -0.3 is 0 Å². The quantitative estimate of drug-likeness (QED) is 0.226. The lowest BCUT2D eigenvalue weighted by atomic mass is 10.1. The van der Waals surface area contributed by atoms with Gasteiger partial charge in [0.1, 0.15) is 0 Å². The number of nitro benzene ring substituents is 1. The standard InChI is InChI=1S/C11H10N6O3S/c1-6-9(10(18)16(12)11(21)13-6)15-14-7-2-4-8(5-3-7)17(19)20/h2-5,9H,12H2,1H3. The van der Waals surface area contributed by atoms with Crippen LogP contribution in [0.4, 0.5) is 11.4 Å². The molecular formula is C11H10N6O3S. The SMILES string of the molecule is CC1=NC(=S)N(N)C(=O)C1N=Nc1ccc([N+](=O)[O-])cc1. The zero-order valence-electron chi connectivity index (χ0n) is 10.8. The fourth-order valence-electron chi connectivity index (χ4n) is 1.57. The van der Waals surface area contributed by atoms with Crippen LogP contribution in [0.25, 0.3) is 0 Å². The van der Waals surface area contributed by atoms with Crippen molar-refractivity contribution in [2.45, 2.75) is 13.0 Å². The fourth-order valence-corrected chi connectivity index (χ4v) is 1.80. The van der Waals surface area contributed by atoms with Gasteiger partial charge in [-0.25, -0.2) is 15.8 Å². The van der Waals surface area contributed by atoms with Gasteiger partial charge >= 0.3 is 0 Å². The van der Waals surface area contributed by atoms with Gasteiger partial charge in [0.05, 0.1) is 16.3 Å². The second-order valence-electron chi connectivity index (χ2n) is 4.14. The molecule has 0 fully saturated rings. The number of nitrogens with zero attached hydrogens (tertiary/aromatic N) is 5. The molecule has 1 unspecified atom stereocenters. The smallest absolute Gasteiger partial charge is 0.270 e. The summed E-state index contributed by atoms with van der Waals surface area (Å²) in [6, 6.07) is 4.49. The number of hydrogen-bond donors (Lipinski definition) is 1. The van der Waals surface area contributed by atoms with E-state index in [2.05, 4.69) is 15.2 Å². The molecule has 1 amide bonds. The van der Waals surface area contributed by atoms with Crippen molar-refractivity contribution in [1.82, 2.24) is 5.01 Å². The summed E-state index contributed by atoms with van der Waals surface area (Å²) in [5, 5.41) is 19.0. The first kappa shape index (κ1) is 14.8. The van der Waals surface area contributed by atoms with Crippen molar-refractivity contribution < 1.29 is 9.72 Å². The molecule has 0 aliphatic carbocycles. The van der Waals surface area contributed by atoms with Crippen LogP contribution < -0.4 is 5.84 Å². The molecule has 1 aliphatic rings. The zero-order chi connectivity index (χ0) is 15.6. The number of non-ortho nitro benzene ring substituents is 1. The number of carbonyl (C=O) groups excluding carboxylic acids is 1. The Balaban J connectivity index is 2.20. The normalized spacial score (nSPS) is 19.0. The average Bonchev–Trinajstić information content (AvgIpc) is 2.45. The number of carbonyl (C=O) groups is 1. The first-order valence-corrected chi connectivity index (χ1v) is 6.14. The van der Waals surface area contributed by atoms with E-state index in [1.807, 2.05) is 0 Å². The van der Waals surface area contributed by atoms with Crippen molar-refractivity contribution in [2.75, 3.05) is 0 Å². The third-order valence-electron chi connectivity index (χ3n) is 2.69. The second kappa shape index (κ2) is 5.81. The Kier molecular flexibility index (Phi) is 4.10. The minimum absolute atomic E-state index is 0.0284. The van der Waals surface area contributed by atoms with Gasteiger partial charge in [-0.05, 0) is 31.3 Å². The second-order valence-corrected chi connectivity index (χ2v) is 4.50. The van der Waals surface area contributed by atoms with Crippen molar-refractivity contribution in [2.24, 2.45) is 21.1 Å². The summed E-state index contributed by atoms with van der Waals surface area (Å²) in [5.41, 5.74) is 0.703. The van der Waals surface area contributed by atoms with E-state index in [9.17, 15) is 14.9 Å². The predicted molar refractivity (Wildman–Crippen MR) is 78.1 cm³/mol. The van der Waals surface area contributed by atoms with Crippen LogP contribution >= 0.6 is 12.2 Å². The van der Waals surface area contributed by atoms with Gasteiger partial charge in [0, 0.05) is 12.1 Å². The van der Waals surface area contributed by atoms with Crippen molar-refractivity contribution in [3.63, 3.8) is 0 Å². The highest BCUT2D eigenvalue weighted by Gasteiger charge is 2.32. The van der Waals surface area contributed by atoms with Crippen LogP contribution in [-0.4, -0.2) is 32.7 Å². The van der Waals surface area contributed by atoms with Crippen molar-refractivity contribution in [3.8, 4) is 0 Å². The maximum atomic E-state index is 11.9. The molecule has 1 aromatic rings. The highest BCUT2D eigenvalue weighted by Crippen LogP contribution is 2.19. The number of hydrazine groups is 1. The lowest BCUT2D eigenvalue weighted by Crippen LogP contribution is -2.51. The number of azo groups is 1. The molecule has 1 atom stereocenters. The van der Waals surface area contributed by atoms with Crippen LogP contribution in [0.1, 0.15) is 6.92 Å². The number of nitrogens with two attached hydrogens (primary N) is 1. The Labute approximate surface area is 124 Å². The van der Waals surface area contributed by atoms with Gasteiger partial charge in [-0.1, -0.05) is 0 Å². The summed E-state index contributed by atoms with van der Waals surface area (Å²) < 4.78 is 0. The number of hydrogen-bond acceptors (Lipinski definition) is 7. The van der Waals surface area contributed by atoms with E-state index in [-0.39, 0.29) is 10.8 Å². The monoisotopic (exact) mass is 306 g/mol. The first-order chi connectivity index (χ1) is 9.90. The van der Waals surface area contributed by atoms with Crippen molar-refractivity contribution in [3.05, 3.63) is 34.4 Å². The van der Waals surface area contributed by atoms with Gasteiger partial charge in [-0.2, -0.15) is 10.2 Å². The van der Waals surface area contributed by atoms with E-state index in [1.165, 1.54) is 24.3 Å². The largest absolute Gasteiger partial charge is 0.275 e. The van der Waals surface area contributed by atoms with Gasteiger partial charge in [0.15, 0.2) is 6.04 Å². The molecule has 2 rings (SSSR count). The molecule has 108 valence electrons. The van der Waals surface area contributed by atoms with Crippen LogP contribution in [0.3, 0.4) is 0 Å². The fraction of sp³-hybridized carbons (Fsp3) is 0.182. The molecular weight excluding hydrogens is 296 g/mol. The molecule has 0 saturated heterocycles. The summed E-state index contributed by atoms with van der Waals surface area (Å²) in [6.07, 6.45) is 0. The molecule has 0 aromatic heterocycles. The van der Waals surface area contributed by atoms with E-state index in [4.69, 9.17) is 18.1 Å². The number of aliphatic imine (C=N–C) groups is 1. The Morgan fingerprint density at radius 2 is 2.05 bits per heavy atom. The van der Waals surface area contributed by atoms with Gasteiger partial charge in [-0.3, -0.25) is 14.9 Å². The molecule has 21 heavy (non-hydrogen) atoms. The number of benzene rings is 1. The summed E-state index contributed by atoms with van der Waals surface area (Å²) in [5.74, 6) is 4.93. The van der Waals surface area contributed by atoms with Crippen LogP contribution in [0.2, 0.25) is 0 Å². The average molecular weight is 306 g/mol. The molecule has 1 aliphatic heterocycles. The van der Waals surface area contributed by atoms with Crippen molar-refractivity contribution >= 4 is 40.3 Å². The molecule has 1 heterocycles. The molecule has 0 bridgehead atoms. The summed E-state index contributed by atoms with van der Waals surface area (Å²) >= 11 is 4.81. The Hall–Kier alpha value is -2.59. The lowest BCUT2D eigenvalue weighted by Gasteiger charge is -2.23. The number of thiocarbonyl (C=S) groups is 1. The lowest BCUT2D eigenvalue weighted by molar-refractivity contribution is -0.384. The van der Waals surface area contributed by atoms with Crippen molar-refractivity contribution in [1.29, 1.82) is 0 Å². The van der Waals surface area contributed by atoms with E-state index < -0.39 is 16.9 Å². The molecule has 0 radical (unpaired) electrons. The summed E-state index contributed by atoms with van der Waals surface area (Å²) in [6.45, 7) is 1.59. The minimum Gasteiger partial charge on any atom is -0.270 e. The van der Waals surface area contributed by atoms with Gasteiger partial charge in [-0.15, -0.1) is 0 Å². The first-order valence-electron chi connectivity index (χ1n) is 5.73. The predicted octanol–water partition coefficient (Wildman–Crippen LogP) is 1.51. The number of nitro groups is 1. The molecule has 9 nitrogen and oxygen atoms in total. The maximum absolute atomic E-state index is 11.9. The van der Waals surface area contributed by atoms with E-state index >= 15 is 0 Å². The number of rotatable bonds is 3. The Morgan fingerprint density at radius 3 is 2.62 bits per heavy atom. The van der Waals surface area contributed by atoms with Gasteiger partial charge in [0.2, 0.25) is 5.11 Å². The maximum Gasteiger partial charge on any atom is 0.275 e. The molecule has 10 heteroatoms. The molecule has 1 aromatic carbocycles. The highest BCUT2D eigenvalue weighted by atomic mass is 32.1. The molecule has 2 N–H and O–H groups in total.